The highest BCUT2D eigenvalue weighted by molar-refractivity contribution is 6.01. The molecule has 0 aromatic heterocycles. The van der Waals surface area contributed by atoms with Gasteiger partial charge in [-0.2, -0.15) is 0 Å². The van der Waals surface area contributed by atoms with E-state index in [1.807, 2.05) is 36.4 Å². The number of fused-ring (bicyclic) bond motifs is 1. The molecule has 6 nitrogen and oxygen atoms in total. The van der Waals surface area contributed by atoms with E-state index in [4.69, 9.17) is 5.73 Å². The van der Waals surface area contributed by atoms with E-state index in [1.54, 1.807) is 0 Å². The maximum atomic E-state index is 12.7. The summed E-state index contributed by atoms with van der Waals surface area (Å²) < 4.78 is 0.620. The second kappa shape index (κ2) is 8.89. The smallest absolute Gasteiger partial charge is 0.261 e. The second-order valence-corrected chi connectivity index (χ2v) is 9.08. The maximum absolute atomic E-state index is 12.7. The molecule has 3 aromatic rings. The number of piperazine rings is 1. The lowest BCUT2D eigenvalue weighted by molar-refractivity contribution is 0.0893. The number of nitrogens with two attached hydrogens (primary N) is 1. The van der Waals surface area contributed by atoms with Crippen LogP contribution in [-0.2, 0) is 0 Å². The van der Waals surface area contributed by atoms with Crippen molar-refractivity contribution in [3.8, 4) is 0 Å². The fourth-order valence-corrected chi connectivity index (χ4v) is 5.42. The van der Waals surface area contributed by atoms with Crippen molar-refractivity contribution in [2.24, 2.45) is 0 Å². The van der Waals surface area contributed by atoms with Crippen molar-refractivity contribution in [2.45, 2.75) is 13.0 Å². The van der Waals surface area contributed by atoms with Crippen LogP contribution in [0, 0.1) is 0 Å². The summed E-state index contributed by atoms with van der Waals surface area (Å²) in [5.74, 6) is 0.0107. The van der Waals surface area contributed by atoms with Crippen LogP contribution >= 0.6 is 0 Å². The summed E-state index contributed by atoms with van der Waals surface area (Å²) in [4.78, 5) is 17.6. The molecule has 33 heavy (non-hydrogen) atoms. The second-order valence-electron chi connectivity index (χ2n) is 9.08. The fraction of sp³-hybridized carbons (Fsp3) is 0.296. The number of nitrogen functional groups attached to an aromatic ring is 1. The van der Waals surface area contributed by atoms with Crippen LogP contribution in [0.1, 0.15) is 17.3 Å². The van der Waals surface area contributed by atoms with Gasteiger partial charge in [0.25, 0.3) is 5.91 Å². The number of rotatable bonds is 5. The molecule has 6 heteroatoms. The molecule has 0 radical (unpaired) electrons. The minimum absolute atomic E-state index is 0.0107. The van der Waals surface area contributed by atoms with E-state index >= 15 is 0 Å². The van der Waals surface area contributed by atoms with E-state index < -0.39 is 0 Å². The van der Waals surface area contributed by atoms with Gasteiger partial charge in [-0.05, 0) is 37.3 Å². The van der Waals surface area contributed by atoms with Gasteiger partial charge >= 0.3 is 0 Å². The molecule has 0 aliphatic carbocycles. The number of nitrogens with zero attached hydrogens (tertiary/aromatic N) is 3. The lowest BCUT2D eigenvalue weighted by Gasteiger charge is -2.47. The molecular weight excluding hydrogens is 410 g/mol. The number of amides is 1. The predicted octanol–water partition coefficient (Wildman–Crippen LogP) is 3.82. The van der Waals surface area contributed by atoms with Crippen molar-refractivity contribution in [1.29, 1.82) is 0 Å². The highest BCUT2D eigenvalue weighted by atomic mass is 16.2. The molecule has 3 N–H and O–H groups in total. The Hall–Kier alpha value is -3.35. The summed E-state index contributed by atoms with van der Waals surface area (Å²) in [7, 11) is 0. The average Bonchev–Trinajstić information content (AvgIpc) is 2.86. The zero-order valence-electron chi connectivity index (χ0n) is 19.2. The van der Waals surface area contributed by atoms with Crippen molar-refractivity contribution in [2.75, 3.05) is 50.0 Å². The summed E-state index contributed by atoms with van der Waals surface area (Å²) in [5.41, 5.74) is 11.2. The number of anilines is 2. The van der Waals surface area contributed by atoms with Crippen molar-refractivity contribution >= 4 is 28.7 Å². The Labute approximate surface area is 195 Å². The Bertz CT molecular complexity index is 1130. The first-order valence-electron chi connectivity index (χ1n) is 11.7. The summed E-state index contributed by atoms with van der Waals surface area (Å²) >= 11 is 0. The molecule has 0 spiro atoms. The van der Waals surface area contributed by atoms with Gasteiger partial charge in [0.1, 0.15) is 17.3 Å². The van der Waals surface area contributed by atoms with E-state index in [0.29, 0.717) is 11.2 Å². The Morgan fingerprint density at radius 3 is 2.33 bits per heavy atom. The van der Waals surface area contributed by atoms with Crippen LogP contribution in [-0.4, -0.2) is 56.2 Å². The first-order valence-corrected chi connectivity index (χ1v) is 11.7. The normalized spacial score (nSPS) is 21.8. The van der Waals surface area contributed by atoms with Crippen molar-refractivity contribution < 1.29 is 4.79 Å². The number of nitrogens with one attached hydrogen (secondary N) is 1. The van der Waals surface area contributed by atoms with Crippen LogP contribution in [0.25, 0.3) is 0 Å². The largest absolute Gasteiger partial charge is 0.397 e. The zero-order valence-corrected chi connectivity index (χ0v) is 19.2. The SMILES string of the molecule is CC(CN1CCN(c2ccccc2N)CC1)[N+]1(c2ccccc2)CNC(=O)c2ccccc21. The van der Waals surface area contributed by atoms with Gasteiger partial charge in [-0.3, -0.25) is 9.69 Å². The summed E-state index contributed by atoms with van der Waals surface area (Å²) in [6.45, 7) is 7.70. The van der Waals surface area contributed by atoms with E-state index in [-0.39, 0.29) is 11.9 Å². The lowest BCUT2D eigenvalue weighted by Crippen LogP contribution is -2.63. The molecular formula is C27H32N5O+. The molecule has 2 unspecified atom stereocenters. The zero-order chi connectivity index (χ0) is 22.8. The molecule has 1 fully saturated rings. The molecule has 2 heterocycles. The molecule has 2 aliphatic heterocycles. The lowest BCUT2D eigenvalue weighted by atomic mass is 10.0. The number of benzene rings is 3. The number of para-hydroxylation sites is 4. The van der Waals surface area contributed by atoms with Gasteiger partial charge < -0.3 is 16.0 Å². The molecule has 170 valence electrons. The van der Waals surface area contributed by atoms with Gasteiger partial charge in [0.15, 0.2) is 12.4 Å². The third kappa shape index (κ3) is 3.86. The molecule has 1 amide bonds. The minimum atomic E-state index is 0.0107. The summed E-state index contributed by atoms with van der Waals surface area (Å²) in [6.07, 6.45) is 0. The number of hydrogen-bond donors (Lipinski definition) is 2. The summed E-state index contributed by atoms with van der Waals surface area (Å²) in [5, 5.41) is 3.17. The van der Waals surface area contributed by atoms with Crippen LogP contribution in [0.2, 0.25) is 0 Å². The molecule has 0 saturated carbocycles. The number of quaternary nitrogens is 1. The first kappa shape index (κ1) is 21.5. The van der Waals surface area contributed by atoms with Crippen molar-refractivity contribution in [1.82, 2.24) is 14.7 Å². The van der Waals surface area contributed by atoms with Gasteiger partial charge in [-0.15, -0.1) is 0 Å². The molecule has 3 aromatic carbocycles. The number of carbonyl (C=O) groups is 1. The van der Waals surface area contributed by atoms with Crippen molar-refractivity contribution in [3.05, 3.63) is 84.4 Å². The van der Waals surface area contributed by atoms with E-state index in [0.717, 1.165) is 55.3 Å². The van der Waals surface area contributed by atoms with E-state index in [1.165, 1.54) is 5.69 Å². The third-order valence-electron chi connectivity index (χ3n) is 7.21. The Kier molecular flexibility index (Phi) is 5.79. The first-order chi connectivity index (χ1) is 16.1. The Balaban J connectivity index is 1.40. The predicted molar refractivity (Wildman–Crippen MR) is 136 cm³/mol. The van der Waals surface area contributed by atoms with Crippen molar-refractivity contribution in [3.63, 3.8) is 0 Å². The minimum Gasteiger partial charge on any atom is -0.397 e. The summed E-state index contributed by atoms with van der Waals surface area (Å²) in [6, 6.07) is 27.0. The topological polar surface area (TPSA) is 61.6 Å². The van der Waals surface area contributed by atoms with Crippen LogP contribution in [0.15, 0.2) is 78.9 Å². The van der Waals surface area contributed by atoms with Gasteiger partial charge in [0.2, 0.25) is 0 Å². The Morgan fingerprint density at radius 2 is 1.58 bits per heavy atom. The number of carbonyl (C=O) groups excluding carboxylic acids is 1. The molecule has 0 bridgehead atoms. The highest BCUT2D eigenvalue weighted by Crippen LogP contribution is 2.41. The van der Waals surface area contributed by atoms with Crippen LogP contribution in [0.4, 0.5) is 22.7 Å². The van der Waals surface area contributed by atoms with E-state index in [9.17, 15) is 4.79 Å². The van der Waals surface area contributed by atoms with Gasteiger partial charge in [0.05, 0.1) is 17.9 Å². The van der Waals surface area contributed by atoms with Gasteiger partial charge in [-0.25, -0.2) is 4.48 Å². The monoisotopic (exact) mass is 442 g/mol. The van der Waals surface area contributed by atoms with Crippen LogP contribution in [0.3, 0.4) is 0 Å². The Morgan fingerprint density at radius 1 is 0.909 bits per heavy atom. The average molecular weight is 443 g/mol. The van der Waals surface area contributed by atoms with Gasteiger partial charge in [0, 0.05) is 32.2 Å². The molecule has 2 aliphatic rings. The number of hydrogen-bond acceptors (Lipinski definition) is 4. The highest BCUT2D eigenvalue weighted by Gasteiger charge is 2.45. The van der Waals surface area contributed by atoms with Crippen LogP contribution < -0.4 is 20.4 Å². The fourth-order valence-electron chi connectivity index (χ4n) is 5.42. The van der Waals surface area contributed by atoms with E-state index in [2.05, 4.69) is 64.5 Å². The standard InChI is InChI=1S/C27H31N5O/c1-21(19-30-15-17-31(18-16-30)25-13-7-6-12-24(25)28)32(22-9-3-2-4-10-22)20-29-27(33)23-11-5-8-14-26(23)32/h2-14,21H,15-20,28H2,1H3/p+1. The molecule has 5 rings (SSSR count). The third-order valence-corrected chi connectivity index (χ3v) is 7.21. The molecule has 1 saturated heterocycles. The van der Waals surface area contributed by atoms with Crippen LogP contribution in [0.5, 0.6) is 0 Å². The maximum Gasteiger partial charge on any atom is 0.261 e. The quantitative estimate of drug-likeness (QED) is 0.466. The van der Waals surface area contributed by atoms with Gasteiger partial charge in [-0.1, -0.05) is 42.5 Å². The molecule has 2 atom stereocenters.